The summed E-state index contributed by atoms with van der Waals surface area (Å²) in [5.74, 6) is 0.772. The van der Waals surface area contributed by atoms with Crippen LogP contribution in [0.25, 0.3) is 0 Å². The Hall–Kier alpha value is -1.10. The second kappa shape index (κ2) is 4.82. The average Bonchev–Trinajstić information content (AvgIpc) is 2.78. The molecule has 0 fully saturated rings. The van der Waals surface area contributed by atoms with Gasteiger partial charge in [0.25, 0.3) is 0 Å². The number of aliphatic hydroxyl groups excluding tert-OH is 1. The van der Waals surface area contributed by atoms with Crippen LogP contribution in [-0.2, 0) is 15.9 Å². The summed E-state index contributed by atoms with van der Waals surface area (Å²) >= 11 is 0. The first-order valence-corrected chi connectivity index (χ1v) is 5.26. The zero-order chi connectivity index (χ0) is 11.5. The number of fused-ring (bicyclic) bond motifs is 1. The standard InChI is InChI=1S/C12H16O4/c1-14-12(15-2)10(13)9-5-3-4-8-6-7-16-11(8)9/h3-5,10,12-13H,6-7H2,1-2H3. The maximum absolute atomic E-state index is 10.1. The van der Waals surface area contributed by atoms with Gasteiger partial charge in [-0.05, 0) is 5.56 Å². The van der Waals surface area contributed by atoms with E-state index in [1.165, 1.54) is 14.2 Å². The Morgan fingerprint density at radius 3 is 2.75 bits per heavy atom. The van der Waals surface area contributed by atoms with E-state index >= 15 is 0 Å². The number of hydrogen-bond donors (Lipinski definition) is 1. The van der Waals surface area contributed by atoms with Gasteiger partial charge in [0.1, 0.15) is 11.9 Å². The third kappa shape index (κ3) is 1.91. The molecule has 0 saturated carbocycles. The van der Waals surface area contributed by atoms with Crippen molar-refractivity contribution in [1.82, 2.24) is 0 Å². The molecule has 1 aromatic carbocycles. The second-order valence-electron chi connectivity index (χ2n) is 3.72. The van der Waals surface area contributed by atoms with E-state index in [9.17, 15) is 5.11 Å². The number of aliphatic hydroxyl groups is 1. The summed E-state index contributed by atoms with van der Waals surface area (Å²) in [7, 11) is 3.00. The lowest BCUT2D eigenvalue weighted by atomic mass is 10.0. The summed E-state index contributed by atoms with van der Waals surface area (Å²) < 4.78 is 15.6. The minimum Gasteiger partial charge on any atom is -0.493 e. The van der Waals surface area contributed by atoms with E-state index in [0.717, 1.165) is 23.3 Å². The molecule has 0 radical (unpaired) electrons. The van der Waals surface area contributed by atoms with Gasteiger partial charge in [0.05, 0.1) is 6.61 Å². The monoisotopic (exact) mass is 224 g/mol. The van der Waals surface area contributed by atoms with Crippen LogP contribution in [0.1, 0.15) is 17.2 Å². The summed E-state index contributed by atoms with van der Waals surface area (Å²) in [6.45, 7) is 0.670. The van der Waals surface area contributed by atoms with Crippen LogP contribution in [0.4, 0.5) is 0 Å². The molecule has 1 heterocycles. The van der Waals surface area contributed by atoms with Gasteiger partial charge in [-0.2, -0.15) is 0 Å². The van der Waals surface area contributed by atoms with E-state index < -0.39 is 12.4 Å². The maximum Gasteiger partial charge on any atom is 0.187 e. The molecule has 1 unspecified atom stereocenters. The SMILES string of the molecule is COC(OC)C(O)c1cccc2c1OCC2. The Balaban J connectivity index is 2.30. The van der Waals surface area contributed by atoms with Gasteiger partial charge < -0.3 is 19.3 Å². The topological polar surface area (TPSA) is 47.9 Å². The minimum absolute atomic E-state index is 0.670. The second-order valence-corrected chi connectivity index (χ2v) is 3.72. The van der Waals surface area contributed by atoms with Crippen molar-refractivity contribution < 1.29 is 19.3 Å². The highest BCUT2D eigenvalue weighted by Crippen LogP contribution is 2.35. The molecular weight excluding hydrogens is 208 g/mol. The normalized spacial score (nSPS) is 16.0. The van der Waals surface area contributed by atoms with Crippen LogP contribution in [0.15, 0.2) is 18.2 Å². The third-order valence-electron chi connectivity index (χ3n) is 2.79. The lowest BCUT2D eigenvalue weighted by Crippen LogP contribution is -2.23. The van der Waals surface area contributed by atoms with Gasteiger partial charge in [0.15, 0.2) is 6.29 Å². The zero-order valence-electron chi connectivity index (χ0n) is 9.47. The van der Waals surface area contributed by atoms with Crippen LogP contribution < -0.4 is 4.74 Å². The fraction of sp³-hybridized carbons (Fsp3) is 0.500. The van der Waals surface area contributed by atoms with Crippen molar-refractivity contribution in [1.29, 1.82) is 0 Å². The summed E-state index contributed by atoms with van der Waals surface area (Å²) in [6.07, 6.45) is -0.612. The molecule has 1 aliphatic rings. The first-order valence-electron chi connectivity index (χ1n) is 5.26. The van der Waals surface area contributed by atoms with Crippen molar-refractivity contribution in [3.8, 4) is 5.75 Å². The van der Waals surface area contributed by atoms with Crippen molar-refractivity contribution in [3.63, 3.8) is 0 Å². The summed E-state index contributed by atoms with van der Waals surface area (Å²) in [5.41, 5.74) is 1.85. The minimum atomic E-state index is -0.831. The first kappa shape index (κ1) is 11.4. The molecule has 1 atom stereocenters. The van der Waals surface area contributed by atoms with Crippen LogP contribution in [0, 0.1) is 0 Å². The molecular formula is C12H16O4. The lowest BCUT2D eigenvalue weighted by molar-refractivity contribution is -0.166. The number of benzene rings is 1. The van der Waals surface area contributed by atoms with Gasteiger partial charge in [-0.25, -0.2) is 0 Å². The molecule has 88 valence electrons. The molecule has 4 heteroatoms. The van der Waals surface area contributed by atoms with Gasteiger partial charge in [0.2, 0.25) is 0 Å². The van der Waals surface area contributed by atoms with E-state index in [1.807, 2.05) is 18.2 Å². The van der Waals surface area contributed by atoms with Crippen molar-refractivity contribution in [3.05, 3.63) is 29.3 Å². The van der Waals surface area contributed by atoms with E-state index in [-0.39, 0.29) is 0 Å². The number of rotatable bonds is 4. The molecule has 0 aromatic heterocycles. The van der Waals surface area contributed by atoms with Crippen molar-refractivity contribution >= 4 is 0 Å². The van der Waals surface area contributed by atoms with Gasteiger partial charge in [-0.3, -0.25) is 0 Å². The van der Waals surface area contributed by atoms with E-state index in [4.69, 9.17) is 14.2 Å². The number of ether oxygens (including phenoxy) is 3. The molecule has 0 amide bonds. The summed E-state index contributed by atoms with van der Waals surface area (Å²) in [6, 6.07) is 5.75. The number of methoxy groups -OCH3 is 2. The quantitative estimate of drug-likeness (QED) is 0.782. The highest BCUT2D eigenvalue weighted by molar-refractivity contribution is 5.45. The van der Waals surface area contributed by atoms with Crippen LogP contribution in [0.2, 0.25) is 0 Å². The Kier molecular flexibility index (Phi) is 3.43. The van der Waals surface area contributed by atoms with E-state index in [2.05, 4.69) is 0 Å². The Morgan fingerprint density at radius 2 is 2.06 bits per heavy atom. The molecule has 1 N–H and O–H groups in total. The van der Waals surface area contributed by atoms with Crippen LogP contribution in [-0.4, -0.2) is 32.2 Å². The molecule has 0 spiro atoms. The fourth-order valence-electron chi connectivity index (χ4n) is 1.97. The van der Waals surface area contributed by atoms with Crippen molar-refractivity contribution in [2.24, 2.45) is 0 Å². The highest BCUT2D eigenvalue weighted by atomic mass is 16.7. The molecule has 4 nitrogen and oxygen atoms in total. The third-order valence-corrected chi connectivity index (χ3v) is 2.79. The Labute approximate surface area is 94.8 Å². The highest BCUT2D eigenvalue weighted by Gasteiger charge is 2.26. The predicted molar refractivity (Wildman–Crippen MR) is 58.4 cm³/mol. The van der Waals surface area contributed by atoms with E-state index in [1.54, 1.807) is 0 Å². The molecule has 2 rings (SSSR count). The molecule has 1 aromatic rings. The Morgan fingerprint density at radius 1 is 1.31 bits per heavy atom. The molecule has 0 bridgehead atoms. The first-order chi connectivity index (χ1) is 7.77. The molecule has 1 aliphatic heterocycles. The van der Waals surface area contributed by atoms with Crippen molar-refractivity contribution in [2.75, 3.05) is 20.8 Å². The largest absolute Gasteiger partial charge is 0.493 e. The van der Waals surface area contributed by atoms with E-state index in [0.29, 0.717) is 6.61 Å². The predicted octanol–water partition coefficient (Wildman–Crippen LogP) is 1.27. The maximum atomic E-state index is 10.1. The smallest absolute Gasteiger partial charge is 0.187 e. The van der Waals surface area contributed by atoms with Crippen LogP contribution in [0.3, 0.4) is 0 Å². The molecule has 16 heavy (non-hydrogen) atoms. The zero-order valence-corrected chi connectivity index (χ0v) is 9.47. The fourth-order valence-corrected chi connectivity index (χ4v) is 1.97. The van der Waals surface area contributed by atoms with Gasteiger partial charge in [-0.15, -0.1) is 0 Å². The van der Waals surface area contributed by atoms with Crippen LogP contribution in [0.5, 0.6) is 5.75 Å². The number of hydrogen-bond acceptors (Lipinski definition) is 4. The van der Waals surface area contributed by atoms with Crippen molar-refractivity contribution in [2.45, 2.75) is 18.8 Å². The van der Waals surface area contributed by atoms with Gasteiger partial charge in [-0.1, -0.05) is 18.2 Å². The van der Waals surface area contributed by atoms with Crippen LogP contribution >= 0.6 is 0 Å². The molecule has 0 aliphatic carbocycles. The lowest BCUT2D eigenvalue weighted by Gasteiger charge is -2.21. The average molecular weight is 224 g/mol. The van der Waals surface area contributed by atoms with Gasteiger partial charge in [0, 0.05) is 26.2 Å². The summed E-state index contributed by atoms with van der Waals surface area (Å²) in [4.78, 5) is 0. The number of para-hydroxylation sites is 1. The Bertz CT molecular complexity index is 360. The summed E-state index contributed by atoms with van der Waals surface area (Å²) in [5, 5.41) is 10.1. The molecule has 0 saturated heterocycles. The van der Waals surface area contributed by atoms with Gasteiger partial charge >= 0.3 is 0 Å².